The van der Waals surface area contributed by atoms with Crippen molar-refractivity contribution >= 4 is 32.8 Å². The van der Waals surface area contributed by atoms with E-state index in [1.54, 1.807) is 30.3 Å². The van der Waals surface area contributed by atoms with Crippen LogP contribution >= 0.6 is 11.8 Å². The maximum Gasteiger partial charge on any atom is 0.243 e. The van der Waals surface area contributed by atoms with E-state index in [9.17, 15) is 12.8 Å². The molecule has 0 atom stereocenters. The number of aryl methyl sites for hydroxylation is 1. The maximum atomic E-state index is 13.1. The van der Waals surface area contributed by atoms with Crippen LogP contribution in [0, 0.1) is 5.82 Å². The van der Waals surface area contributed by atoms with Crippen LogP contribution in [0.15, 0.2) is 57.0 Å². The van der Waals surface area contributed by atoms with E-state index in [2.05, 4.69) is 15.1 Å². The highest BCUT2D eigenvalue weighted by Gasteiger charge is 2.23. The number of thioether (sulfide) groups is 1. The fraction of sp³-hybridized carbons (Fsp3) is 0.318. The van der Waals surface area contributed by atoms with Gasteiger partial charge >= 0.3 is 0 Å². The van der Waals surface area contributed by atoms with Crippen molar-refractivity contribution in [2.75, 3.05) is 13.1 Å². The molecule has 0 fully saturated rings. The molecule has 0 saturated heterocycles. The summed E-state index contributed by atoms with van der Waals surface area (Å²) in [5.41, 5.74) is 2.14. The molecule has 4 rings (SSSR count). The molecule has 33 heavy (non-hydrogen) atoms. The third-order valence-corrected chi connectivity index (χ3v) is 8.25. The summed E-state index contributed by atoms with van der Waals surface area (Å²) in [5, 5.41) is 4.69. The average molecular weight is 490 g/mol. The Morgan fingerprint density at radius 2 is 1.79 bits per heavy atom. The smallest absolute Gasteiger partial charge is 0.243 e. The van der Waals surface area contributed by atoms with E-state index in [0.29, 0.717) is 48.2 Å². The summed E-state index contributed by atoms with van der Waals surface area (Å²) in [5.74, 6) is 0.867. The Morgan fingerprint density at radius 1 is 1.06 bits per heavy atom. The first-order chi connectivity index (χ1) is 15.9. The summed E-state index contributed by atoms with van der Waals surface area (Å²) >= 11 is 1.43. The van der Waals surface area contributed by atoms with Crippen LogP contribution < -0.4 is 0 Å². The molecule has 0 aliphatic carbocycles. The summed E-state index contributed by atoms with van der Waals surface area (Å²) in [6.45, 7) is 7.13. The molecule has 8 nitrogen and oxygen atoms in total. The summed E-state index contributed by atoms with van der Waals surface area (Å²) in [7, 11) is -3.56. The van der Waals surface area contributed by atoms with Gasteiger partial charge in [0, 0.05) is 25.2 Å². The van der Waals surface area contributed by atoms with Crippen molar-refractivity contribution in [1.29, 1.82) is 0 Å². The molecule has 0 radical (unpaired) electrons. The van der Waals surface area contributed by atoms with E-state index >= 15 is 0 Å². The number of hydrogen-bond donors (Lipinski definition) is 0. The highest BCUT2D eigenvalue weighted by Crippen LogP contribution is 2.29. The number of aromatic nitrogens is 4. The quantitative estimate of drug-likeness (QED) is 0.318. The molecule has 0 bridgehead atoms. The SMILES string of the molecule is CCN(CC)S(=O)(=O)c1ccc2c(c1)nc(SCc1nc(-c3ccc(F)cc3)no1)n2CC. The van der Waals surface area contributed by atoms with E-state index in [1.807, 2.05) is 25.3 Å². The van der Waals surface area contributed by atoms with Crippen LogP contribution in [0.4, 0.5) is 4.39 Å². The van der Waals surface area contributed by atoms with Crippen LogP contribution in [-0.4, -0.2) is 45.5 Å². The van der Waals surface area contributed by atoms with Gasteiger partial charge in [-0.15, -0.1) is 0 Å². The van der Waals surface area contributed by atoms with Crippen LogP contribution in [0.2, 0.25) is 0 Å². The lowest BCUT2D eigenvalue weighted by molar-refractivity contribution is 0.391. The van der Waals surface area contributed by atoms with E-state index < -0.39 is 10.0 Å². The van der Waals surface area contributed by atoms with Crippen LogP contribution in [0.5, 0.6) is 0 Å². The lowest BCUT2D eigenvalue weighted by Crippen LogP contribution is -2.30. The summed E-state index contributed by atoms with van der Waals surface area (Å²) in [6, 6.07) is 10.9. The third kappa shape index (κ3) is 4.66. The second-order valence-electron chi connectivity index (χ2n) is 7.19. The van der Waals surface area contributed by atoms with Crippen molar-refractivity contribution in [3.8, 4) is 11.4 Å². The van der Waals surface area contributed by atoms with Crippen LogP contribution in [0.3, 0.4) is 0 Å². The first-order valence-electron chi connectivity index (χ1n) is 10.6. The molecule has 0 unspecified atom stereocenters. The Kier molecular flexibility index (Phi) is 6.82. The monoisotopic (exact) mass is 489 g/mol. The van der Waals surface area contributed by atoms with Gasteiger partial charge in [-0.05, 0) is 49.4 Å². The molecule has 2 aromatic carbocycles. The van der Waals surface area contributed by atoms with Gasteiger partial charge in [-0.1, -0.05) is 30.8 Å². The molecule has 2 heterocycles. The third-order valence-electron chi connectivity index (χ3n) is 5.24. The molecule has 0 aliphatic rings. The first-order valence-corrected chi connectivity index (χ1v) is 13.0. The maximum absolute atomic E-state index is 13.1. The number of hydrogen-bond acceptors (Lipinski definition) is 7. The predicted octanol–water partition coefficient (Wildman–Crippen LogP) is 4.57. The second kappa shape index (κ2) is 9.62. The average Bonchev–Trinajstić information content (AvgIpc) is 3.42. The largest absolute Gasteiger partial charge is 0.338 e. The van der Waals surface area contributed by atoms with Crippen molar-refractivity contribution in [1.82, 2.24) is 24.0 Å². The van der Waals surface area contributed by atoms with Crippen molar-refractivity contribution in [2.45, 2.75) is 43.1 Å². The van der Waals surface area contributed by atoms with Crippen molar-refractivity contribution in [3.05, 3.63) is 54.2 Å². The highest BCUT2D eigenvalue weighted by molar-refractivity contribution is 7.98. The number of benzene rings is 2. The van der Waals surface area contributed by atoms with Gasteiger partial charge in [0.2, 0.25) is 21.7 Å². The molecule has 0 N–H and O–H groups in total. The predicted molar refractivity (Wildman–Crippen MR) is 125 cm³/mol. The molecule has 2 aromatic heterocycles. The Balaban J connectivity index is 1.57. The fourth-order valence-corrected chi connectivity index (χ4v) is 5.93. The Morgan fingerprint density at radius 3 is 2.45 bits per heavy atom. The summed E-state index contributed by atoms with van der Waals surface area (Å²) in [4.78, 5) is 9.28. The second-order valence-corrected chi connectivity index (χ2v) is 10.1. The highest BCUT2D eigenvalue weighted by atomic mass is 32.2. The number of fused-ring (bicyclic) bond motifs is 1. The van der Waals surface area contributed by atoms with Crippen LogP contribution in [0.25, 0.3) is 22.4 Å². The lowest BCUT2D eigenvalue weighted by Gasteiger charge is -2.18. The number of sulfonamides is 1. The normalized spacial score (nSPS) is 12.2. The van der Waals surface area contributed by atoms with Crippen LogP contribution in [-0.2, 0) is 22.3 Å². The molecule has 0 saturated carbocycles. The Bertz CT molecular complexity index is 1360. The fourth-order valence-electron chi connectivity index (χ4n) is 3.53. The molecule has 4 aromatic rings. The summed E-state index contributed by atoms with van der Waals surface area (Å²) < 4.78 is 47.7. The Hall–Kier alpha value is -2.76. The van der Waals surface area contributed by atoms with Gasteiger partial charge in [0.15, 0.2) is 5.16 Å². The molecule has 11 heteroatoms. The van der Waals surface area contributed by atoms with E-state index in [-0.39, 0.29) is 10.7 Å². The minimum Gasteiger partial charge on any atom is -0.338 e. The van der Waals surface area contributed by atoms with Gasteiger partial charge in [-0.3, -0.25) is 0 Å². The van der Waals surface area contributed by atoms with E-state index in [0.717, 1.165) is 10.7 Å². The van der Waals surface area contributed by atoms with Gasteiger partial charge in [0.25, 0.3) is 0 Å². The van der Waals surface area contributed by atoms with Crippen molar-refractivity contribution < 1.29 is 17.3 Å². The topological polar surface area (TPSA) is 94.1 Å². The lowest BCUT2D eigenvalue weighted by atomic mass is 10.2. The zero-order valence-electron chi connectivity index (χ0n) is 18.5. The van der Waals surface area contributed by atoms with Gasteiger partial charge in [-0.2, -0.15) is 9.29 Å². The zero-order chi connectivity index (χ0) is 23.6. The van der Waals surface area contributed by atoms with Gasteiger partial charge in [-0.25, -0.2) is 17.8 Å². The minimum absolute atomic E-state index is 0.233. The van der Waals surface area contributed by atoms with Gasteiger partial charge < -0.3 is 9.09 Å². The number of rotatable bonds is 9. The van der Waals surface area contributed by atoms with Crippen molar-refractivity contribution in [2.24, 2.45) is 0 Å². The number of nitrogens with zero attached hydrogens (tertiary/aromatic N) is 5. The molecular formula is C22H24FN5O3S2. The molecule has 0 aliphatic heterocycles. The molecule has 0 spiro atoms. The van der Waals surface area contributed by atoms with Crippen molar-refractivity contribution in [3.63, 3.8) is 0 Å². The first kappa shape index (κ1) is 23.4. The zero-order valence-corrected chi connectivity index (χ0v) is 20.2. The van der Waals surface area contributed by atoms with Gasteiger partial charge in [0.05, 0.1) is 21.7 Å². The standard InChI is InChI=1S/C22H24FN5O3S2/c1-4-27(5-2)33(29,30)17-11-12-19-18(13-17)24-22(28(19)6-3)32-14-20-25-21(26-31-20)15-7-9-16(23)10-8-15/h7-13H,4-6,14H2,1-3H3. The molecule has 0 amide bonds. The molecular weight excluding hydrogens is 465 g/mol. The number of halogens is 1. The van der Waals surface area contributed by atoms with Gasteiger partial charge in [0.1, 0.15) is 5.82 Å². The summed E-state index contributed by atoms with van der Waals surface area (Å²) in [6.07, 6.45) is 0. The Labute approximate surface area is 195 Å². The van der Waals surface area contributed by atoms with Crippen LogP contribution in [0.1, 0.15) is 26.7 Å². The van der Waals surface area contributed by atoms with E-state index in [4.69, 9.17) is 4.52 Å². The number of imidazole rings is 1. The van der Waals surface area contributed by atoms with E-state index in [1.165, 1.54) is 28.2 Å². The minimum atomic E-state index is -3.56. The molecule has 174 valence electrons.